The number of ether oxygens (including phenoxy) is 1. The number of anilines is 1. The second kappa shape index (κ2) is 12.2. The molecule has 0 spiro atoms. The Morgan fingerprint density at radius 1 is 1.07 bits per heavy atom. The minimum absolute atomic E-state index is 0.00292. The third-order valence-corrected chi connectivity index (χ3v) is 7.68. The highest BCUT2D eigenvalue weighted by atomic mass is 35.5. The molecule has 13 heteroatoms. The van der Waals surface area contributed by atoms with Crippen molar-refractivity contribution in [2.45, 2.75) is 12.7 Å². The highest BCUT2D eigenvalue weighted by Gasteiger charge is 2.34. The van der Waals surface area contributed by atoms with Crippen LogP contribution in [0.1, 0.15) is 21.5 Å². The zero-order valence-corrected chi connectivity index (χ0v) is 24.3. The fourth-order valence-electron chi connectivity index (χ4n) is 4.97. The number of halogens is 4. The quantitative estimate of drug-likeness (QED) is 0.214. The molecular weight excluding hydrogens is 595 g/mol. The number of carbonyl (C=O) groups is 1. The lowest BCUT2D eigenvalue weighted by atomic mass is 10.0. The van der Waals surface area contributed by atoms with Crippen molar-refractivity contribution in [2.75, 3.05) is 38.5 Å². The largest absolute Gasteiger partial charge is 0.437 e. The third kappa shape index (κ3) is 6.52. The fourth-order valence-corrected chi connectivity index (χ4v) is 5.17. The molecule has 1 fully saturated rings. The molecule has 2 N–H and O–H groups in total. The van der Waals surface area contributed by atoms with Crippen molar-refractivity contribution in [2.24, 2.45) is 0 Å². The molecule has 44 heavy (non-hydrogen) atoms. The van der Waals surface area contributed by atoms with Gasteiger partial charge in [0.2, 0.25) is 5.88 Å². The van der Waals surface area contributed by atoms with Crippen LogP contribution in [0.5, 0.6) is 11.6 Å². The Labute approximate surface area is 255 Å². The second-order valence-corrected chi connectivity index (χ2v) is 10.9. The summed E-state index contributed by atoms with van der Waals surface area (Å²) in [6, 6.07) is 13.6. The van der Waals surface area contributed by atoms with E-state index in [1.165, 1.54) is 24.3 Å². The van der Waals surface area contributed by atoms with Crippen molar-refractivity contribution < 1.29 is 22.7 Å². The van der Waals surface area contributed by atoms with Gasteiger partial charge in [0.15, 0.2) is 5.82 Å². The molecule has 3 aromatic heterocycles. The van der Waals surface area contributed by atoms with Gasteiger partial charge in [-0.2, -0.15) is 18.2 Å². The molecule has 6 rings (SSSR count). The first-order valence-electron chi connectivity index (χ1n) is 13.8. The van der Waals surface area contributed by atoms with Crippen LogP contribution in [0, 0.1) is 0 Å². The van der Waals surface area contributed by atoms with E-state index in [-0.39, 0.29) is 40.0 Å². The number of aromatic amines is 1. The standard InChI is InChI=1S/C31H27ClF3N7O2/c1-41-11-13-42(14-12-41)18-20-4-5-21(15-24(20)31(33,34)35)38-29(43)23-16-22(6-7-25(23)32)44-30-27-26(8-10-37-27)39-28(40-30)19-3-2-9-36-17-19/h2-10,15-17,37H,11-14,18H2,1H3,(H,38,43). The predicted molar refractivity (Wildman–Crippen MR) is 161 cm³/mol. The first-order valence-corrected chi connectivity index (χ1v) is 14.2. The van der Waals surface area contributed by atoms with E-state index in [0.29, 0.717) is 35.5 Å². The Balaban J connectivity index is 1.24. The Morgan fingerprint density at radius 2 is 1.89 bits per heavy atom. The topological polar surface area (TPSA) is 99.3 Å². The van der Waals surface area contributed by atoms with Gasteiger partial charge in [-0.25, -0.2) is 4.98 Å². The molecule has 1 saturated heterocycles. The Kier molecular flexibility index (Phi) is 8.21. The summed E-state index contributed by atoms with van der Waals surface area (Å²) >= 11 is 6.35. The van der Waals surface area contributed by atoms with Gasteiger partial charge in [0.05, 0.1) is 21.7 Å². The predicted octanol–water partition coefficient (Wildman–Crippen LogP) is 6.48. The summed E-state index contributed by atoms with van der Waals surface area (Å²) in [6.07, 6.45) is 0.378. The van der Waals surface area contributed by atoms with Crippen LogP contribution in [0.3, 0.4) is 0 Å². The van der Waals surface area contributed by atoms with Gasteiger partial charge in [0, 0.05) is 62.6 Å². The number of likely N-dealkylation sites (N-methyl/N-ethyl adjacent to an activating group) is 1. The number of amides is 1. The van der Waals surface area contributed by atoms with E-state index < -0.39 is 17.6 Å². The van der Waals surface area contributed by atoms with E-state index in [2.05, 4.69) is 30.2 Å². The van der Waals surface area contributed by atoms with Crippen LogP contribution in [0.15, 0.2) is 73.2 Å². The van der Waals surface area contributed by atoms with E-state index in [1.807, 2.05) is 18.0 Å². The highest BCUT2D eigenvalue weighted by Crippen LogP contribution is 2.35. The minimum Gasteiger partial charge on any atom is -0.437 e. The average Bonchev–Trinajstić information content (AvgIpc) is 3.49. The van der Waals surface area contributed by atoms with E-state index in [9.17, 15) is 18.0 Å². The van der Waals surface area contributed by atoms with Gasteiger partial charge in [-0.05, 0) is 61.1 Å². The van der Waals surface area contributed by atoms with E-state index >= 15 is 0 Å². The maximum Gasteiger partial charge on any atom is 0.416 e. The summed E-state index contributed by atoms with van der Waals surface area (Å²) in [6.45, 7) is 3.11. The molecule has 5 aromatic rings. The fraction of sp³-hybridized carbons (Fsp3) is 0.226. The normalized spacial score (nSPS) is 14.6. The molecule has 0 saturated carbocycles. The Bertz CT molecular complexity index is 1810. The number of rotatable bonds is 7. The van der Waals surface area contributed by atoms with Crippen LogP contribution in [-0.2, 0) is 12.7 Å². The van der Waals surface area contributed by atoms with Crippen molar-refractivity contribution in [1.29, 1.82) is 0 Å². The summed E-state index contributed by atoms with van der Waals surface area (Å²) in [5.41, 5.74) is 1.21. The number of benzene rings is 2. The van der Waals surface area contributed by atoms with Crippen LogP contribution in [-0.4, -0.2) is 68.9 Å². The first-order chi connectivity index (χ1) is 21.1. The molecule has 1 amide bonds. The number of fused-ring (bicyclic) bond motifs is 1. The van der Waals surface area contributed by atoms with Gasteiger partial charge in [-0.3, -0.25) is 14.7 Å². The van der Waals surface area contributed by atoms with Crippen LogP contribution >= 0.6 is 11.6 Å². The molecule has 0 unspecified atom stereocenters. The number of nitrogens with one attached hydrogen (secondary N) is 2. The second-order valence-electron chi connectivity index (χ2n) is 10.5. The summed E-state index contributed by atoms with van der Waals surface area (Å²) in [5, 5.41) is 2.66. The minimum atomic E-state index is -4.59. The lowest BCUT2D eigenvalue weighted by Crippen LogP contribution is -2.44. The number of hydrogen-bond donors (Lipinski definition) is 2. The average molecular weight is 622 g/mol. The SMILES string of the molecule is CN1CCN(Cc2ccc(NC(=O)c3cc(Oc4nc(-c5cccnc5)nc5cc[nH]c45)ccc3Cl)cc2C(F)(F)F)CC1. The number of piperazine rings is 1. The maximum absolute atomic E-state index is 14.1. The molecule has 1 aliphatic heterocycles. The number of carbonyl (C=O) groups excluding carboxylic acids is 1. The number of hydrogen-bond acceptors (Lipinski definition) is 7. The smallest absolute Gasteiger partial charge is 0.416 e. The van der Waals surface area contributed by atoms with Gasteiger partial charge < -0.3 is 19.9 Å². The highest BCUT2D eigenvalue weighted by molar-refractivity contribution is 6.34. The van der Waals surface area contributed by atoms with Gasteiger partial charge in [0.25, 0.3) is 5.91 Å². The summed E-state index contributed by atoms with van der Waals surface area (Å²) in [5.74, 6) is 0.149. The monoisotopic (exact) mass is 621 g/mol. The third-order valence-electron chi connectivity index (χ3n) is 7.35. The molecule has 1 aliphatic rings. The summed E-state index contributed by atoms with van der Waals surface area (Å²) in [7, 11) is 1.99. The van der Waals surface area contributed by atoms with E-state index in [4.69, 9.17) is 16.3 Å². The van der Waals surface area contributed by atoms with Crippen LogP contribution < -0.4 is 10.1 Å². The number of alkyl halides is 3. The molecule has 4 heterocycles. The lowest BCUT2D eigenvalue weighted by Gasteiger charge is -2.33. The Hall–Kier alpha value is -4.52. The molecule has 2 aromatic carbocycles. The molecule has 0 atom stereocenters. The Morgan fingerprint density at radius 3 is 2.64 bits per heavy atom. The number of nitrogens with zero attached hydrogens (tertiary/aromatic N) is 5. The molecule has 0 aliphatic carbocycles. The first kappa shape index (κ1) is 29.5. The van der Waals surface area contributed by atoms with Crippen LogP contribution in [0.25, 0.3) is 22.4 Å². The van der Waals surface area contributed by atoms with Gasteiger partial charge in [-0.15, -0.1) is 0 Å². The van der Waals surface area contributed by atoms with E-state index in [0.717, 1.165) is 19.2 Å². The van der Waals surface area contributed by atoms with Crippen molar-refractivity contribution in [3.8, 4) is 23.0 Å². The summed E-state index contributed by atoms with van der Waals surface area (Å²) < 4.78 is 48.2. The van der Waals surface area contributed by atoms with Crippen molar-refractivity contribution in [3.63, 3.8) is 0 Å². The molecule has 226 valence electrons. The van der Waals surface area contributed by atoms with Crippen molar-refractivity contribution >= 4 is 34.2 Å². The van der Waals surface area contributed by atoms with Crippen molar-refractivity contribution in [3.05, 3.63) is 94.9 Å². The zero-order chi connectivity index (χ0) is 30.8. The summed E-state index contributed by atoms with van der Waals surface area (Å²) in [4.78, 5) is 33.6. The van der Waals surface area contributed by atoms with Crippen molar-refractivity contribution in [1.82, 2.24) is 29.7 Å². The molecule has 0 radical (unpaired) electrons. The molecule has 9 nitrogen and oxygen atoms in total. The molecular formula is C31H27ClF3N7O2. The molecule has 0 bridgehead atoms. The van der Waals surface area contributed by atoms with Crippen LogP contribution in [0.4, 0.5) is 18.9 Å². The number of pyridine rings is 1. The van der Waals surface area contributed by atoms with Crippen LogP contribution in [0.2, 0.25) is 5.02 Å². The number of aromatic nitrogens is 4. The van der Waals surface area contributed by atoms with Gasteiger partial charge in [-0.1, -0.05) is 17.7 Å². The lowest BCUT2D eigenvalue weighted by molar-refractivity contribution is -0.138. The van der Waals surface area contributed by atoms with Gasteiger partial charge >= 0.3 is 6.18 Å². The van der Waals surface area contributed by atoms with Gasteiger partial charge in [0.1, 0.15) is 11.3 Å². The zero-order valence-electron chi connectivity index (χ0n) is 23.5. The maximum atomic E-state index is 14.1. The number of H-pyrrole nitrogens is 1. The van der Waals surface area contributed by atoms with E-state index in [1.54, 1.807) is 36.8 Å².